The Kier molecular flexibility index (Phi) is 7.59. The first-order chi connectivity index (χ1) is 16.7. The zero-order chi connectivity index (χ0) is 25.2. The summed E-state index contributed by atoms with van der Waals surface area (Å²) < 4.78 is 33.0. The molecule has 35 heavy (non-hydrogen) atoms. The number of sulfonamides is 1. The fourth-order valence-electron chi connectivity index (χ4n) is 4.61. The van der Waals surface area contributed by atoms with Crippen molar-refractivity contribution in [3.05, 3.63) is 53.6 Å². The number of hydrogen-bond acceptors (Lipinski definition) is 5. The summed E-state index contributed by atoms with van der Waals surface area (Å²) >= 11 is 0. The first-order valence-electron chi connectivity index (χ1n) is 12.1. The first-order valence-corrected chi connectivity index (χ1v) is 13.5. The highest BCUT2D eigenvalue weighted by atomic mass is 32.2. The lowest BCUT2D eigenvalue weighted by atomic mass is 9.96. The number of carbonyl (C=O) groups is 2. The zero-order valence-electron chi connectivity index (χ0n) is 20.5. The summed E-state index contributed by atoms with van der Waals surface area (Å²) in [7, 11) is -3.70. The van der Waals surface area contributed by atoms with Crippen molar-refractivity contribution in [2.45, 2.75) is 44.4 Å². The van der Waals surface area contributed by atoms with Crippen molar-refractivity contribution in [1.29, 1.82) is 0 Å². The van der Waals surface area contributed by atoms with Gasteiger partial charge in [0.25, 0.3) is 0 Å². The molecular formula is C26H33N3O5S. The Morgan fingerprint density at radius 1 is 1.17 bits per heavy atom. The molecule has 2 aliphatic rings. The Morgan fingerprint density at radius 3 is 2.60 bits per heavy atom. The minimum atomic E-state index is -3.70. The summed E-state index contributed by atoms with van der Waals surface area (Å²) in [4.78, 5) is 27.8. The number of para-hydroxylation sites is 1. The molecule has 2 amide bonds. The minimum Gasteiger partial charge on any atom is -0.379 e. The number of morpholine rings is 1. The van der Waals surface area contributed by atoms with Crippen molar-refractivity contribution in [3.63, 3.8) is 0 Å². The quantitative estimate of drug-likeness (QED) is 0.629. The van der Waals surface area contributed by atoms with Gasteiger partial charge in [-0.2, -0.15) is 4.31 Å². The van der Waals surface area contributed by atoms with Gasteiger partial charge < -0.3 is 15.0 Å². The van der Waals surface area contributed by atoms with Gasteiger partial charge in [0.2, 0.25) is 21.8 Å². The van der Waals surface area contributed by atoms with E-state index in [2.05, 4.69) is 19.2 Å². The van der Waals surface area contributed by atoms with E-state index in [0.717, 1.165) is 17.7 Å². The van der Waals surface area contributed by atoms with Gasteiger partial charge in [-0.05, 0) is 48.6 Å². The Labute approximate surface area is 207 Å². The van der Waals surface area contributed by atoms with E-state index >= 15 is 0 Å². The number of benzene rings is 2. The molecular weight excluding hydrogens is 466 g/mol. The number of ether oxygens (including phenoxy) is 1. The highest BCUT2D eigenvalue weighted by Crippen LogP contribution is 2.34. The highest BCUT2D eigenvalue weighted by Gasteiger charge is 2.36. The standard InChI is InChI=1S/C26H33N3O5S/c1-4-18(2)22-7-5-6-8-23(22)29-17-20(15-25(29)30)26(31)27-21-10-9-19(3)24(16-21)35(32,33)28-11-13-34-14-12-28/h5-10,16,18,20H,4,11-15,17H2,1-3H3,(H,27,31)/t18-,20-/m1/s1. The lowest BCUT2D eigenvalue weighted by molar-refractivity contribution is -0.122. The van der Waals surface area contributed by atoms with Crippen LogP contribution in [-0.4, -0.2) is 57.4 Å². The van der Waals surface area contributed by atoms with E-state index in [0.29, 0.717) is 50.0 Å². The van der Waals surface area contributed by atoms with Gasteiger partial charge in [-0.15, -0.1) is 0 Å². The van der Waals surface area contributed by atoms with Crippen LogP contribution >= 0.6 is 0 Å². The molecule has 0 aliphatic carbocycles. The molecule has 0 unspecified atom stereocenters. The van der Waals surface area contributed by atoms with Crippen LogP contribution in [0.1, 0.15) is 43.7 Å². The second kappa shape index (κ2) is 10.5. The predicted molar refractivity (Wildman–Crippen MR) is 135 cm³/mol. The molecule has 0 bridgehead atoms. The number of amides is 2. The van der Waals surface area contributed by atoms with E-state index in [9.17, 15) is 18.0 Å². The largest absolute Gasteiger partial charge is 0.379 e. The summed E-state index contributed by atoms with van der Waals surface area (Å²) in [5.74, 6) is -0.597. The summed E-state index contributed by atoms with van der Waals surface area (Å²) in [6, 6.07) is 12.7. The molecule has 2 aliphatic heterocycles. The highest BCUT2D eigenvalue weighted by molar-refractivity contribution is 7.89. The number of nitrogens with one attached hydrogen (secondary N) is 1. The number of hydrogen-bond donors (Lipinski definition) is 1. The molecule has 4 rings (SSSR count). The maximum Gasteiger partial charge on any atom is 0.243 e. The molecule has 1 N–H and O–H groups in total. The number of rotatable bonds is 7. The average Bonchev–Trinajstić information content (AvgIpc) is 3.26. The molecule has 2 aromatic carbocycles. The summed E-state index contributed by atoms with van der Waals surface area (Å²) in [6.45, 7) is 7.60. The van der Waals surface area contributed by atoms with Gasteiger partial charge in [-0.3, -0.25) is 9.59 Å². The van der Waals surface area contributed by atoms with Gasteiger partial charge in [-0.25, -0.2) is 8.42 Å². The van der Waals surface area contributed by atoms with Crippen LogP contribution in [0.3, 0.4) is 0 Å². The monoisotopic (exact) mass is 499 g/mol. The lowest BCUT2D eigenvalue weighted by Gasteiger charge is -2.27. The van der Waals surface area contributed by atoms with Crippen LogP contribution in [-0.2, 0) is 24.3 Å². The van der Waals surface area contributed by atoms with Crippen LogP contribution in [0.15, 0.2) is 47.4 Å². The Balaban J connectivity index is 1.50. The van der Waals surface area contributed by atoms with Crippen LogP contribution < -0.4 is 10.2 Å². The normalized spacial score (nSPS) is 20.1. The van der Waals surface area contributed by atoms with Crippen molar-refractivity contribution < 1.29 is 22.7 Å². The fourth-order valence-corrected chi connectivity index (χ4v) is 6.27. The topological polar surface area (TPSA) is 96.0 Å². The molecule has 8 nitrogen and oxygen atoms in total. The van der Waals surface area contributed by atoms with Crippen molar-refractivity contribution in [2.75, 3.05) is 43.1 Å². The van der Waals surface area contributed by atoms with Crippen LogP contribution in [0.4, 0.5) is 11.4 Å². The maximum atomic E-state index is 13.2. The molecule has 0 saturated carbocycles. The first kappa shape index (κ1) is 25.3. The Morgan fingerprint density at radius 2 is 1.89 bits per heavy atom. The smallest absolute Gasteiger partial charge is 0.243 e. The van der Waals surface area contributed by atoms with E-state index in [1.165, 1.54) is 10.4 Å². The molecule has 2 fully saturated rings. The summed E-state index contributed by atoms with van der Waals surface area (Å²) in [5.41, 5.74) is 2.97. The second-order valence-electron chi connectivity index (χ2n) is 9.26. The molecule has 0 spiro atoms. The number of carbonyl (C=O) groups excluding carboxylic acids is 2. The van der Waals surface area contributed by atoms with Gasteiger partial charge in [0, 0.05) is 37.4 Å². The van der Waals surface area contributed by atoms with Crippen LogP contribution in [0.25, 0.3) is 0 Å². The molecule has 188 valence electrons. The third kappa shape index (κ3) is 5.27. The minimum absolute atomic E-state index is 0.0830. The number of nitrogens with zero attached hydrogens (tertiary/aromatic N) is 2. The third-order valence-electron chi connectivity index (χ3n) is 6.91. The van der Waals surface area contributed by atoms with E-state index in [4.69, 9.17) is 4.74 Å². The molecule has 0 aromatic heterocycles. The molecule has 2 heterocycles. The SMILES string of the molecule is CC[C@@H](C)c1ccccc1N1C[C@H](C(=O)Nc2ccc(C)c(S(=O)(=O)N3CCOCC3)c2)CC1=O. The second-order valence-corrected chi connectivity index (χ2v) is 11.2. The number of anilines is 2. The maximum absolute atomic E-state index is 13.2. The molecule has 9 heteroatoms. The molecule has 2 aromatic rings. The lowest BCUT2D eigenvalue weighted by Crippen LogP contribution is -2.40. The zero-order valence-corrected chi connectivity index (χ0v) is 21.3. The third-order valence-corrected chi connectivity index (χ3v) is 8.95. The number of aryl methyl sites for hydroxylation is 1. The summed E-state index contributed by atoms with van der Waals surface area (Å²) in [5, 5.41) is 2.84. The van der Waals surface area contributed by atoms with Gasteiger partial charge in [0.1, 0.15) is 0 Å². The molecule has 2 saturated heterocycles. The van der Waals surface area contributed by atoms with E-state index in [-0.39, 0.29) is 23.1 Å². The van der Waals surface area contributed by atoms with Crippen molar-refractivity contribution in [1.82, 2.24) is 4.31 Å². The van der Waals surface area contributed by atoms with Crippen LogP contribution in [0.2, 0.25) is 0 Å². The van der Waals surface area contributed by atoms with Gasteiger partial charge in [0.15, 0.2) is 0 Å². The van der Waals surface area contributed by atoms with E-state index in [1.54, 1.807) is 24.0 Å². The summed E-state index contributed by atoms with van der Waals surface area (Å²) in [6.07, 6.45) is 1.07. The van der Waals surface area contributed by atoms with E-state index in [1.807, 2.05) is 24.3 Å². The Hall–Kier alpha value is -2.75. The van der Waals surface area contributed by atoms with Crippen LogP contribution in [0, 0.1) is 12.8 Å². The van der Waals surface area contributed by atoms with Crippen molar-refractivity contribution in [2.24, 2.45) is 5.92 Å². The van der Waals surface area contributed by atoms with Gasteiger partial charge in [-0.1, -0.05) is 38.1 Å². The van der Waals surface area contributed by atoms with Gasteiger partial charge in [0.05, 0.1) is 24.0 Å². The van der Waals surface area contributed by atoms with Crippen molar-refractivity contribution in [3.8, 4) is 0 Å². The predicted octanol–water partition coefficient (Wildman–Crippen LogP) is 3.52. The fraction of sp³-hybridized carbons (Fsp3) is 0.462. The Bertz CT molecular complexity index is 1210. The average molecular weight is 500 g/mol. The van der Waals surface area contributed by atoms with E-state index < -0.39 is 15.9 Å². The van der Waals surface area contributed by atoms with Gasteiger partial charge >= 0.3 is 0 Å². The molecule has 2 atom stereocenters. The van der Waals surface area contributed by atoms with Crippen molar-refractivity contribution >= 4 is 33.2 Å². The van der Waals surface area contributed by atoms with Crippen LogP contribution in [0.5, 0.6) is 0 Å². The molecule has 0 radical (unpaired) electrons.